The van der Waals surface area contributed by atoms with Gasteiger partial charge in [-0.25, -0.2) is 8.78 Å². The first-order valence-electron chi connectivity index (χ1n) is 8.14. The molecule has 128 valence electrons. The summed E-state index contributed by atoms with van der Waals surface area (Å²) in [5.41, 5.74) is 0.727. The Morgan fingerprint density at radius 3 is 2.96 bits per heavy atom. The molecule has 0 saturated carbocycles. The molecule has 2 N–H and O–H groups in total. The number of carbonyl (C=O) groups is 1. The van der Waals surface area contributed by atoms with E-state index in [-0.39, 0.29) is 17.9 Å². The van der Waals surface area contributed by atoms with E-state index in [0.29, 0.717) is 32.6 Å². The van der Waals surface area contributed by atoms with Crippen LogP contribution in [0.25, 0.3) is 0 Å². The van der Waals surface area contributed by atoms with Crippen molar-refractivity contribution >= 4 is 5.91 Å². The average Bonchev–Trinajstić information content (AvgIpc) is 2.55. The molecule has 2 rings (SSSR count). The first kappa shape index (κ1) is 17.8. The summed E-state index contributed by atoms with van der Waals surface area (Å²) in [6.07, 6.45) is 1.85. The molecule has 1 amide bonds. The van der Waals surface area contributed by atoms with Gasteiger partial charge in [0.25, 0.3) is 0 Å². The molecular weight excluding hydrogens is 302 g/mol. The molecule has 23 heavy (non-hydrogen) atoms. The molecule has 1 aliphatic heterocycles. The summed E-state index contributed by atoms with van der Waals surface area (Å²) >= 11 is 0. The molecule has 4 nitrogen and oxygen atoms in total. The fourth-order valence-corrected chi connectivity index (χ4v) is 2.91. The van der Waals surface area contributed by atoms with Crippen molar-refractivity contribution in [3.8, 4) is 0 Å². The molecule has 0 bridgehead atoms. The molecule has 1 heterocycles. The Morgan fingerprint density at radius 2 is 2.22 bits per heavy atom. The van der Waals surface area contributed by atoms with E-state index in [9.17, 15) is 13.6 Å². The van der Waals surface area contributed by atoms with Crippen LogP contribution < -0.4 is 10.6 Å². The number of nitrogens with one attached hydrogen (secondary N) is 2. The standard InChI is InChI=1S/C17H24F2N2O2/c1-2-23-9-3-4-17(22)21-16-11-20-8-7-13(16)12-5-6-14(18)15(19)10-12/h5-6,10,13,16,20H,2-4,7-9,11H2,1H3,(H,21,22). The smallest absolute Gasteiger partial charge is 0.220 e. The second kappa shape index (κ2) is 8.93. The number of piperidine rings is 1. The molecule has 0 radical (unpaired) electrons. The van der Waals surface area contributed by atoms with E-state index in [1.165, 1.54) is 6.07 Å². The van der Waals surface area contributed by atoms with Gasteiger partial charge in [-0.2, -0.15) is 0 Å². The van der Waals surface area contributed by atoms with Crippen molar-refractivity contribution in [2.24, 2.45) is 0 Å². The largest absolute Gasteiger partial charge is 0.382 e. The summed E-state index contributed by atoms with van der Waals surface area (Å²) in [6.45, 7) is 4.55. The van der Waals surface area contributed by atoms with Crippen LogP contribution >= 0.6 is 0 Å². The predicted octanol–water partition coefficient (Wildman–Crippen LogP) is 2.34. The van der Waals surface area contributed by atoms with Crippen molar-refractivity contribution in [2.75, 3.05) is 26.3 Å². The number of hydrogen-bond acceptors (Lipinski definition) is 3. The summed E-state index contributed by atoms with van der Waals surface area (Å²) in [6, 6.07) is 3.86. The van der Waals surface area contributed by atoms with Crippen LogP contribution in [0.5, 0.6) is 0 Å². The van der Waals surface area contributed by atoms with Gasteiger partial charge in [0.1, 0.15) is 0 Å². The molecule has 0 spiro atoms. The Labute approximate surface area is 135 Å². The van der Waals surface area contributed by atoms with Gasteiger partial charge in [0, 0.05) is 38.1 Å². The van der Waals surface area contributed by atoms with Crippen molar-refractivity contribution in [3.05, 3.63) is 35.4 Å². The minimum absolute atomic E-state index is 0.0119. The van der Waals surface area contributed by atoms with Crippen LogP contribution in [0, 0.1) is 11.6 Å². The van der Waals surface area contributed by atoms with Crippen molar-refractivity contribution in [1.29, 1.82) is 0 Å². The average molecular weight is 326 g/mol. The zero-order chi connectivity index (χ0) is 16.7. The van der Waals surface area contributed by atoms with Crippen molar-refractivity contribution < 1.29 is 18.3 Å². The minimum atomic E-state index is -0.848. The van der Waals surface area contributed by atoms with E-state index in [0.717, 1.165) is 24.6 Å². The van der Waals surface area contributed by atoms with Gasteiger partial charge in [-0.05, 0) is 44.0 Å². The zero-order valence-corrected chi connectivity index (χ0v) is 13.4. The van der Waals surface area contributed by atoms with Crippen LogP contribution in [-0.2, 0) is 9.53 Å². The van der Waals surface area contributed by atoms with Gasteiger partial charge in [-0.1, -0.05) is 6.07 Å². The lowest BCUT2D eigenvalue weighted by atomic mass is 9.86. The third-order valence-corrected chi connectivity index (χ3v) is 4.10. The first-order valence-corrected chi connectivity index (χ1v) is 8.14. The Bertz CT molecular complexity index is 525. The van der Waals surface area contributed by atoms with Gasteiger partial charge in [-0.3, -0.25) is 4.79 Å². The van der Waals surface area contributed by atoms with Crippen molar-refractivity contribution in [3.63, 3.8) is 0 Å². The normalized spacial score (nSPS) is 21.2. The summed E-state index contributed by atoms with van der Waals surface area (Å²) in [5, 5.41) is 6.24. The van der Waals surface area contributed by atoms with E-state index in [1.807, 2.05) is 6.92 Å². The summed E-state index contributed by atoms with van der Waals surface area (Å²) < 4.78 is 31.8. The van der Waals surface area contributed by atoms with Gasteiger partial charge >= 0.3 is 0 Å². The van der Waals surface area contributed by atoms with Crippen LogP contribution in [0.2, 0.25) is 0 Å². The molecule has 1 saturated heterocycles. The van der Waals surface area contributed by atoms with E-state index in [2.05, 4.69) is 10.6 Å². The van der Waals surface area contributed by atoms with E-state index < -0.39 is 11.6 Å². The number of hydrogen-bond donors (Lipinski definition) is 2. The van der Waals surface area contributed by atoms with E-state index in [1.54, 1.807) is 6.07 Å². The Balaban J connectivity index is 1.95. The van der Waals surface area contributed by atoms with Crippen molar-refractivity contribution in [1.82, 2.24) is 10.6 Å². The highest BCUT2D eigenvalue weighted by molar-refractivity contribution is 5.76. The monoisotopic (exact) mass is 326 g/mol. The third-order valence-electron chi connectivity index (χ3n) is 4.10. The number of amides is 1. The number of ether oxygens (including phenoxy) is 1. The number of carbonyl (C=O) groups excluding carboxylic acids is 1. The topological polar surface area (TPSA) is 50.4 Å². The SMILES string of the molecule is CCOCCCC(=O)NC1CNCCC1c1ccc(F)c(F)c1. The highest BCUT2D eigenvalue weighted by Gasteiger charge is 2.28. The highest BCUT2D eigenvalue weighted by Crippen LogP contribution is 2.27. The predicted molar refractivity (Wildman–Crippen MR) is 84.2 cm³/mol. The van der Waals surface area contributed by atoms with Crippen LogP contribution in [0.3, 0.4) is 0 Å². The molecule has 0 aromatic heterocycles. The van der Waals surface area contributed by atoms with Crippen LogP contribution in [0.1, 0.15) is 37.7 Å². The molecule has 1 aromatic carbocycles. The molecular formula is C17H24F2N2O2. The van der Waals surface area contributed by atoms with E-state index in [4.69, 9.17) is 4.74 Å². The van der Waals surface area contributed by atoms with Gasteiger partial charge in [-0.15, -0.1) is 0 Å². The molecule has 6 heteroatoms. The fraction of sp³-hybridized carbons (Fsp3) is 0.588. The zero-order valence-electron chi connectivity index (χ0n) is 13.4. The van der Waals surface area contributed by atoms with Crippen molar-refractivity contribution in [2.45, 2.75) is 38.1 Å². The maximum absolute atomic E-state index is 13.5. The second-order valence-corrected chi connectivity index (χ2v) is 5.75. The summed E-state index contributed by atoms with van der Waals surface area (Å²) in [7, 11) is 0. The summed E-state index contributed by atoms with van der Waals surface area (Å²) in [4.78, 5) is 12.0. The van der Waals surface area contributed by atoms with Crippen LogP contribution in [0.15, 0.2) is 18.2 Å². The maximum Gasteiger partial charge on any atom is 0.220 e. The lowest BCUT2D eigenvalue weighted by Crippen LogP contribution is -2.50. The molecule has 1 aromatic rings. The maximum atomic E-state index is 13.5. The molecule has 2 atom stereocenters. The van der Waals surface area contributed by atoms with E-state index >= 15 is 0 Å². The Morgan fingerprint density at radius 1 is 1.39 bits per heavy atom. The van der Waals surface area contributed by atoms with Crippen LogP contribution in [-0.4, -0.2) is 38.3 Å². The van der Waals surface area contributed by atoms with Crippen LogP contribution in [0.4, 0.5) is 8.78 Å². The van der Waals surface area contributed by atoms with Gasteiger partial charge < -0.3 is 15.4 Å². The number of benzene rings is 1. The molecule has 1 aliphatic rings. The Kier molecular flexibility index (Phi) is 6.92. The van der Waals surface area contributed by atoms with Gasteiger partial charge in [0.05, 0.1) is 0 Å². The fourth-order valence-electron chi connectivity index (χ4n) is 2.91. The minimum Gasteiger partial charge on any atom is -0.382 e. The summed E-state index contributed by atoms with van der Waals surface area (Å²) in [5.74, 6) is -1.74. The lowest BCUT2D eigenvalue weighted by molar-refractivity contribution is -0.122. The first-order chi connectivity index (χ1) is 11.1. The second-order valence-electron chi connectivity index (χ2n) is 5.75. The van der Waals surface area contributed by atoms with Gasteiger partial charge in [0.15, 0.2) is 11.6 Å². The number of rotatable bonds is 7. The molecule has 1 fully saturated rings. The number of halogens is 2. The third kappa shape index (κ3) is 5.25. The highest BCUT2D eigenvalue weighted by atomic mass is 19.2. The Hall–Kier alpha value is -1.53. The quantitative estimate of drug-likeness (QED) is 0.756. The van der Waals surface area contributed by atoms with Gasteiger partial charge in [0.2, 0.25) is 5.91 Å². The molecule has 2 unspecified atom stereocenters. The molecule has 0 aliphatic carbocycles. The lowest BCUT2D eigenvalue weighted by Gasteiger charge is -2.33.